The van der Waals surface area contributed by atoms with Gasteiger partial charge in [0.1, 0.15) is 11.6 Å². The van der Waals surface area contributed by atoms with Gasteiger partial charge in [-0.15, -0.1) is 11.3 Å². The van der Waals surface area contributed by atoms with Crippen molar-refractivity contribution in [1.29, 1.82) is 0 Å². The molecule has 4 rings (SSSR count). The highest BCUT2D eigenvalue weighted by Crippen LogP contribution is 2.28. The monoisotopic (exact) mass is 421 g/mol. The van der Waals surface area contributed by atoms with Crippen molar-refractivity contribution in [2.45, 2.75) is 66.0 Å². The lowest BCUT2D eigenvalue weighted by atomic mass is 10.0. The molecule has 0 bridgehead atoms. The first-order valence-corrected chi connectivity index (χ1v) is 11.6. The van der Waals surface area contributed by atoms with Crippen LogP contribution in [0.5, 0.6) is 0 Å². The van der Waals surface area contributed by atoms with Gasteiger partial charge in [-0.2, -0.15) is 0 Å². The van der Waals surface area contributed by atoms with Gasteiger partial charge in [-0.3, -0.25) is 4.90 Å². The van der Waals surface area contributed by atoms with Gasteiger partial charge in [0, 0.05) is 41.3 Å². The summed E-state index contributed by atoms with van der Waals surface area (Å²) in [4.78, 5) is 17.8. The van der Waals surface area contributed by atoms with Gasteiger partial charge in [-0.05, 0) is 52.6 Å². The first kappa shape index (κ1) is 20.9. The fourth-order valence-electron chi connectivity index (χ4n) is 4.09. The molecular formula is C24H31N5S. The van der Waals surface area contributed by atoms with Crippen LogP contribution in [0, 0.1) is 20.8 Å². The molecule has 0 aliphatic carbocycles. The number of hydrogen-bond donors (Lipinski definition) is 1. The van der Waals surface area contributed by atoms with Gasteiger partial charge in [-0.1, -0.05) is 36.2 Å². The Morgan fingerprint density at radius 1 is 1.10 bits per heavy atom. The second-order valence-electron chi connectivity index (χ2n) is 8.42. The van der Waals surface area contributed by atoms with Crippen LogP contribution in [0.1, 0.15) is 59.3 Å². The van der Waals surface area contributed by atoms with E-state index in [9.17, 15) is 0 Å². The largest absolute Gasteiger partial charge is 0.316 e. The molecule has 3 heterocycles. The number of likely N-dealkylation sites (tertiary alicyclic amines) is 1. The van der Waals surface area contributed by atoms with E-state index in [4.69, 9.17) is 4.98 Å². The molecule has 1 N–H and O–H groups in total. The Morgan fingerprint density at radius 3 is 2.67 bits per heavy atom. The number of nitrogens with zero attached hydrogens (tertiary/aromatic N) is 4. The molecule has 3 aromatic rings. The molecule has 0 radical (unpaired) electrons. The number of thiazole rings is 1. The number of rotatable bonds is 6. The van der Waals surface area contributed by atoms with Crippen LogP contribution < -0.4 is 5.32 Å². The molecule has 1 aliphatic rings. The van der Waals surface area contributed by atoms with E-state index in [1.807, 2.05) is 13.1 Å². The Kier molecular flexibility index (Phi) is 6.44. The zero-order valence-corrected chi connectivity index (χ0v) is 19.2. The van der Waals surface area contributed by atoms with Crippen molar-refractivity contribution in [3.8, 4) is 0 Å². The molecule has 1 saturated heterocycles. The molecule has 5 nitrogen and oxygen atoms in total. The average Bonchev–Trinajstić information content (AvgIpc) is 3.15. The molecule has 0 saturated carbocycles. The predicted octanol–water partition coefficient (Wildman–Crippen LogP) is 5.57. The second-order valence-corrected chi connectivity index (χ2v) is 9.53. The third kappa shape index (κ3) is 5.05. The standard InChI is InChI=1S/C24H31N5S/c1-16-8-10-20(11-9-16)13-22-18(3)26-19(4)27-23(22)28-24-25-14-21(30-24)15-29-12-6-5-7-17(29)2/h8-11,14,17H,5-7,12-13,15H2,1-4H3,(H,25,26,27,28). The maximum atomic E-state index is 4.71. The van der Waals surface area contributed by atoms with E-state index in [0.29, 0.717) is 6.04 Å². The Hall–Kier alpha value is -2.31. The molecule has 1 unspecified atom stereocenters. The smallest absolute Gasteiger partial charge is 0.188 e. The Morgan fingerprint density at radius 2 is 1.90 bits per heavy atom. The minimum atomic E-state index is 0.658. The minimum absolute atomic E-state index is 0.658. The molecule has 1 fully saturated rings. The molecule has 1 atom stereocenters. The molecule has 0 spiro atoms. The summed E-state index contributed by atoms with van der Waals surface area (Å²) in [5.41, 5.74) is 4.68. The topological polar surface area (TPSA) is 53.9 Å². The molecule has 158 valence electrons. The van der Waals surface area contributed by atoms with Crippen molar-refractivity contribution in [2.24, 2.45) is 0 Å². The molecule has 0 amide bonds. The lowest BCUT2D eigenvalue weighted by Gasteiger charge is -2.32. The zero-order valence-electron chi connectivity index (χ0n) is 18.4. The van der Waals surface area contributed by atoms with E-state index in [2.05, 4.69) is 65.2 Å². The van der Waals surface area contributed by atoms with Gasteiger partial charge in [0.2, 0.25) is 0 Å². The number of benzene rings is 1. The van der Waals surface area contributed by atoms with Gasteiger partial charge in [-0.25, -0.2) is 15.0 Å². The summed E-state index contributed by atoms with van der Waals surface area (Å²) in [5, 5.41) is 4.39. The van der Waals surface area contributed by atoms with Crippen LogP contribution in [0.15, 0.2) is 30.5 Å². The van der Waals surface area contributed by atoms with Crippen molar-refractivity contribution in [1.82, 2.24) is 19.9 Å². The van der Waals surface area contributed by atoms with E-state index < -0.39 is 0 Å². The fraction of sp³-hybridized carbons (Fsp3) is 0.458. The summed E-state index contributed by atoms with van der Waals surface area (Å²) in [6.45, 7) is 10.6. The van der Waals surface area contributed by atoms with Gasteiger partial charge in [0.05, 0.1) is 0 Å². The molecule has 30 heavy (non-hydrogen) atoms. The minimum Gasteiger partial charge on any atom is -0.316 e. The van der Waals surface area contributed by atoms with Gasteiger partial charge < -0.3 is 5.32 Å². The molecule has 6 heteroatoms. The van der Waals surface area contributed by atoms with Gasteiger partial charge >= 0.3 is 0 Å². The van der Waals surface area contributed by atoms with Crippen LogP contribution in [-0.4, -0.2) is 32.4 Å². The van der Waals surface area contributed by atoms with E-state index in [1.54, 1.807) is 11.3 Å². The first-order chi connectivity index (χ1) is 14.5. The number of anilines is 2. The summed E-state index contributed by atoms with van der Waals surface area (Å²) < 4.78 is 0. The summed E-state index contributed by atoms with van der Waals surface area (Å²) in [5.74, 6) is 1.65. The summed E-state index contributed by atoms with van der Waals surface area (Å²) in [6.07, 6.45) is 6.76. The quantitative estimate of drug-likeness (QED) is 0.564. The highest BCUT2D eigenvalue weighted by molar-refractivity contribution is 7.15. The number of hydrogen-bond acceptors (Lipinski definition) is 6. The van der Waals surface area contributed by atoms with Crippen molar-refractivity contribution < 1.29 is 0 Å². The van der Waals surface area contributed by atoms with Crippen LogP contribution >= 0.6 is 11.3 Å². The molecule has 1 aromatic carbocycles. The molecule has 1 aliphatic heterocycles. The van der Waals surface area contributed by atoms with Crippen molar-refractivity contribution in [3.05, 3.63) is 63.5 Å². The average molecular weight is 422 g/mol. The van der Waals surface area contributed by atoms with E-state index in [-0.39, 0.29) is 0 Å². The van der Waals surface area contributed by atoms with Gasteiger partial charge in [0.15, 0.2) is 5.13 Å². The lowest BCUT2D eigenvalue weighted by molar-refractivity contribution is 0.154. The number of aromatic nitrogens is 3. The number of nitrogens with one attached hydrogen (secondary N) is 1. The maximum Gasteiger partial charge on any atom is 0.188 e. The second kappa shape index (κ2) is 9.23. The Labute approximate surface area is 183 Å². The normalized spacial score (nSPS) is 17.3. The number of aryl methyl sites for hydroxylation is 3. The number of piperidine rings is 1. The van der Waals surface area contributed by atoms with Crippen LogP contribution in [0.2, 0.25) is 0 Å². The van der Waals surface area contributed by atoms with Crippen molar-refractivity contribution in [2.75, 3.05) is 11.9 Å². The Balaban J connectivity index is 1.52. The summed E-state index contributed by atoms with van der Waals surface area (Å²) in [7, 11) is 0. The third-order valence-electron chi connectivity index (χ3n) is 5.91. The first-order valence-electron chi connectivity index (χ1n) is 10.8. The Bertz CT molecular complexity index is 995. The fourth-order valence-corrected chi connectivity index (χ4v) is 4.93. The van der Waals surface area contributed by atoms with Crippen LogP contribution in [-0.2, 0) is 13.0 Å². The summed E-state index contributed by atoms with van der Waals surface area (Å²) >= 11 is 1.73. The zero-order chi connectivity index (χ0) is 21.1. The maximum absolute atomic E-state index is 4.71. The van der Waals surface area contributed by atoms with E-state index >= 15 is 0 Å². The SMILES string of the molecule is Cc1ccc(Cc2c(C)nc(C)nc2Nc2ncc(CN3CCCCC3C)s2)cc1. The third-order valence-corrected chi connectivity index (χ3v) is 6.80. The van der Waals surface area contributed by atoms with Crippen LogP contribution in [0.25, 0.3) is 0 Å². The van der Waals surface area contributed by atoms with Gasteiger partial charge in [0.25, 0.3) is 0 Å². The van der Waals surface area contributed by atoms with E-state index in [0.717, 1.165) is 41.0 Å². The predicted molar refractivity (Wildman–Crippen MR) is 125 cm³/mol. The highest BCUT2D eigenvalue weighted by atomic mass is 32.1. The van der Waals surface area contributed by atoms with Crippen molar-refractivity contribution >= 4 is 22.3 Å². The highest BCUT2D eigenvalue weighted by Gasteiger charge is 2.19. The van der Waals surface area contributed by atoms with Crippen LogP contribution in [0.4, 0.5) is 10.9 Å². The van der Waals surface area contributed by atoms with E-state index in [1.165, 1.54) is 41.8 Å². The summed E-state index contributed by atoms with van der Waals surface area (Å²) in [6, 6.07) is 9.33. The lowest BCUT2D eigenvalue weighted by Crippen LogP contribution is -2.36. The molecule has 2 aromatic heterocycles. The van der Waals surface area contributed by atoms with Crippen LogP contribution in [0.3, 0.4) is 0 Å². The molecular weight excluding hydrogens is 390 g/mol. The van der Waals surface area contributed by atoms with Crippen molar-refractivity contribution in [3.63, 3.8) is 0 Å².